The van der Waals surface area contributed by atoms with E-state index in [9.17, 15) is 14.4 Å². The average molecular weight is 428 g/mol. The van der Waals surface area contributed by atoms with Crippen LogP contribution in [0.2, 0.25) is 0 Å². The molecule has 6 heteroatoms. The van der Waals surface area contributed by atoms with Gasteiger partial charge in [0.2, 0.25) is 5.43 Å². The van der Waals surface area contributed by atoms with Gasteiger partial charge in [0.25, 0.3) is 11.8 Å². The fourth-order valence-corrected chi connectivity index (χ4v) is 4.38. The zero-order valence-corrected chi connectivity index (χ0v) is 19.1. The van der Waals surface area contributed by atoms with Gasteiger partial charge in [-0.2, -0.15) is 0 Å². The van der Waals surface area contributed by atoms with Gasteiger partial charge in [-0.1, -0.05) is 31.4 Å². The maximum Gasteiger partial charge on any atom is 0.259 e. The number of pyridine rings is 1. The van der Waals surface area contributed by atoms with Crippen LogP contribution >= 0.6 is 0 Å². The number of amides is 2. The maximum atomic E-state index is 13.2. The predicted octanol–water partition coefficient (Wildman–Crippen LogP) is 4.46. The summed E-state index contributed by atoms with van der Waals surface area (Å²) in [5, 5.41) is 2.91. The molecule has 1 N–H and O–H groups in total. The standard InChI is InChI=1S/C25H37N3O3/c1-3-19(2)28-17-21(24(30)26-14-13-20-11-7-6-8-12-20)23(29)22(18-28)25(31)27-15-9-4-5-10-16-27/h11,17-19H,3-10,12-16H2,1-2H3,(H,26,30). The lowest BCUT2D eigenvalue weighted by Gasteiger charge is -2.22. The fourth-order valence-electron chi connectivity index (χ4n) is 4.38. The highest BCUT2D eigenvalue weighted by Crippen LogP contribution is 2.19. The molecular weight excluding hydrogens is 390 g/mol. The van der Waals surface area contributed by atoms with Crippen LogP contribution in [0.1, 0.15) is 105 Å². The maximum absolute atomic E-state index is 13.2. The summed E-state index contributed by atoms with van der Waals surface area (Å²) < 4.78 is 1.85. The molecule has 170 valence electrons. The number of hydrogen-bond donors (Lipinski definition) is 1. The van der Waals surface area contributed by atoms with E-state index in [-0.39, 0.29) is 29.0 Å². The lowest BCUT2D eigenvalue weighted by molar-refractivity contribution is 0.0759. The molecule has 1 aromatic rings. The van der Waals surface area contributed by atoms with Crippen LogP contribution in [0.4, 0.5) is 0 Å². The summed E-state index contributed by atoms with van der Waals surface area (Å²) in [6, 6.07) is 0.0928. The molecule has 0 aromatic carbocycles. The molecule has 2 amide bonds. The number of carbonyl (C=O) groups excluding carboxylic acids is 2. The van der Waals surface area contributed by atoms with Crippen molar-refractivity contribution in [2.24, 2.45) is 0 Å². The molecule has 31 heavy (non-hydrogen) atoms. The number of aromatic nitrogens is 1. The van der Waals surface area contributed by atoms with E-state index in [2.05, 4.69) is 18.3 Å². The van der Waals surface area contributed by atoms with Crippen molar-refractivity contribution in [1.82, 2.24) is 14.8 Å². The molecule has 6 nitrogen and oxygen atoms in total. The number of allylic oxidation sites excluding steroid dienone is 1. The SMILES string of the molecule is CCC(C)n1cc(C(=O)NCCC2=CCCCC2)c(=O)c(C(=O)N2CCCCCC2)c1. The van der Waals surface area contributed by atoms with Crippen LogP contribution in [0.25, 0.3) is 0 Å². The zero-order chi connectivity index (χ0) is 22.2. The second-order valence-corrected chi connectivity index (χ2v) is 8.94. The van der Waals surface area contributed by atoms with E-state index >= 15 is 0 Å². The smallest absolute Gasteiger partial charge is 0.259 e. The highest BCUT2D eigenvalue weighted by molar-refractivity contribution is 5.99. The number of rotatable bonds is 7. The van der Waals surface area contributed by atoms with Crippen molar-refractivity contribution in [3.8, 4) is 0 Å². The Hall–Kier alpha value is -2.37. The average Bonchev–Trinajstić information content (AvgIpc) is 3.08. The molecule has 1 saturated heterocycles. The minimum absolute atomic E-state index is 0.0681. The normalized spacial score (nSPS) is 18.1. The molecular formula is C25H37N3O3. The summed E-state index contributed by atoms with van der Waals surface area (Å²) in [5.74, 6) is -0.630. The first-order valence-corrected chi connectivity index (χ1v) is 12.0. The molecule has 0 saturated carbocycles. The summed E-state index contributed by atoms with van der Waals surface area (Å²) in [5.41, 5.74) is 1.11. The van der Waals surface area contributed by atoms with Gasteiger partial charge >= 0.3 is 0 Å². The van der Waals surface area contributed by atoms with E-state index in [1.807, 2.05) is 11.5 Å². The Balaban J connectivity index is 1.81. The lowest BCUT2D eigenvalue weighted by atomic mass is 9.97. The van der Waals surface area contributed by atoms with Crippen molar-refractivity contribution in [3.05, 3.63) is 45.4 Å². The molecule has 1 aliphatic heterocycles. The zero-order valence-electron chi connectivity index (χ0n) is 19.1. The van der Waals surface area contributed by atoms with E-state index in [0.29, 0.717) is 19.6 Å². The van der Waals surface area contributed by atoms with Gasteiger partial charge in [0.15, 0.2) is 0 Å². The monoisotopic (exact) mass is 427 g/mol. The van der Waals surface area contributed by atoms with E-state index in [4.69, 9.17) is 0 Å². The summed E-state index contributed by atoms with van der Waals surface area (Å²) in [7, 11) is 0. The van der Waals surface area contributed by atoms with Crippen LogP contribution < -0.4 is 10.7 Å². The predicted molar refractivity (Wildman–Crippen MR) is 124 cm³/mol. The van der Waals surface area contributed by atoms with Gasteiger partial charge in [-0.15, -0.1) is 0 Å². The van der Waals surface area contributed by atoms with Crippen LogP contribution in [-0.4, -0.2) is 40.9 Å². The van der Waals surface area contributed by atoms with Crippen LogP contribution in [-0.2, 0) is 0 Å². The van der Waals surface area contributed by atoms with Crippen molar-refractivity contribution < 1.29 is 9.59 Å². The van der Waals surface area contributed by atoms with Crippen LogP contribution in [0.3, 0.4) is 0 Å². The van der Waals surface area contributed by atoms with Gasteiger partial charge in [0.05, 0.1) is 0 Å². The molecule has 1 aromatic heterocycles. The highest BCUT2D eigenvalue weighted by Gasteiger charge is 2.24. The molecule has 1 fully saturated rings. The Morgan fingerprint density at radius 1 is 1.03 bits per heavy atom. The largest absolute Gasteiger partial charge is 0.352 e. The Morgan fingerprint density at radius 3 is 2.39 bits per heavy atom. The molecule has 0 bridgehead atoms. The molecule has 3 rings (SSSR count). The Labute approximate surface area is 185 Å². The Bertz CT molecular complexity index is 863. The van der Waals surface area contributed by atoms with Crippen LogP contribution in [0.5, 0.6) is 0 Å². The summed E-state index contributed by atoms with van der Waals surface area (Å²) >= 11 is 0. The number of carbonyl (C=O) groups is 2. The van der Waals surface area contributed by atoms with Crippen molar-refractivity contribution >= 4 is 11.8 Å². The van der Waals surface area contributed by atoms with Crippen molar-refractivity contribution in [2.45, 2.75) is 84.1 Å². The second kappa shape index (κ2) is 11.3. The summed E-state index contributed by atoms with van der Waals surface area (Å²) in [6.07, 6.45) is 16.0. The van der Waals surface area contributed by atoms with E-state index in [1.165, 1.54) is 18.4 Å². The molecule has 1 unspecified atom stereocenters. The Morgan fingerprint density at radius 2 is 1.74 bits per heavy atom. The van der Waals surface area contributed by atoms with E-state index in [0.717, 1.165) is 51.4 Å². The van der Waals surface area contributed by atoms with Crippen molar-refractivity contribution in [2.75, 3.05) is 19.6 Å². The molecule has 1 atom stereocenters. The molecule has 1 aliphatic carbocycles. The minimum Gasteiger partial charge on any atom is -0.352 e. The lowest BCUT2D eigenvalue weighted by Crippen LogP contribution is -2.38. The topological polar surface area (TPSA) is 71.4 Å². The van der Waals surface area contributed by atoms with Crippen molar-refractivity contribution in [1.29, 1.82) is 0 Å². The van der Waals surface area contributed by atoms with E-state index in [1.54, 1.807) is 17.3 Å². The molecule has 0 radical (unpaired) electrons. The molecule has 0 spiro atoms. The van der Waals surface area contributed by atoms with Gasteiger partial charge < -0.3 is 14.8 Å². The number of likely N-dealkylation sites (tertiary alicyclic amines) is 1. The quantitative estimate of drug-likeness (QED) is 0.653. The fraction of sp³-hybridized carbons (Fsp3) is 0.640. The second-order valence-electron chi connectivity index (χ2n) is 8.94. The first-order valence-electron chi connectivity index (χ1n) is 12.0. The van der Waals surface area contributed by atoms with Gasteiger partial charge in [0, 0.05) is 38.1 Å². The Kier molecular flexibility index (Phi) is 8.50. The number of nitrogens with zero attached hydrogens (tertiary/aromatic N) is 2. The van der Waals surface area contributed by atoms with E-state index < -0.39 is 5.43 Å². The van der Waals surface area contributed by atoms with Crippen LogP contribution in [0, 0.1) is 0 Å². The van der Waals surface area contributed by atoms with Gasteiger partial charge in [-0.3, -0.25) is 14.4 Å². The van der Waals surface area contributed by atoms with Gasteiger partial charge in [-0.05, 0) is 58.3 Å². The minimum atomic E-state index is -0.455. The molecule has 2 heterocycles. The third-order valence-electron chi connectivity index (χ3n) is 6.63. The number of nitrogens with one attached hydrogen (secondary N) is 1. The molecule has 2 aliphatic rings. The third kappa shape index (κ3) is 6.08. The number of hydrogen-bond acceptors (Lipinski definition) is 3. The third-order valence-corrected chi connectivity index (χ3v) is 6.63. The summed E-state index contributed by atoms with van der Waals surface area (Å²) in [6.45, 7) is 5.94. The first kappa shape index (κ1) is 23.3. The first-order chi connectivity index (χ1) is 15.0. The van der Waals surface area contributed by atoms with Crippen LogP contribution in [0.15, 0.2) is 28.8 Å². The van der Waals surface area contributed by atoms with Gasteiger partial charge in [-0.25, -0.2) is 0 Å². The van der Waals surface area contributed by atoms with Crippen molar-refractivity contribution in [3.63, 3.8) is 0 Å². The summed E-state index contributed by atoms with van der Waals surface area (Å²) in [4.78, 5) is 41.1. The highest BCUT2D eigenvalue weighted by atomic mass is 16.2. The van der Waals surface area contributed by atoms with Gasteiger partial charge in [0.1, 0.15) is 11.1 Å².